The van der Waals surface area contributed by atoms with Crippen LogP contribution in [0.4, 0.5) is 5.95 Å². The maximum atomic E-state index is 12.2. The van der Waals surface area contributed by atoms with Crippen molar-refractivity contribution in [1.29, 1.82) is 0 Å². The van der Waals surface area contributed by atoms with Crippen LogP contribution in [0.2, 0.25) is 5.02 Å². The molecule has 21 heavy (non-hydrogen) atoms. The normalized spacial score (nSPS) is 10.8. The molecule has 0 saturated carbocycles. The molecule has 0 radical (unpaired) electrons. The number of anilines is 1. The zero-order valence-corrected chi connectivity index (χ0v) is 12.2. The standard InChI is InChI=1S/C14H12ClN5O/c1-8-7-9(2)20-14(16-8)18-13(19-20)17-12(21)10-5-3-4-6-11(10)15/h3-7H,1-2H3,(H,17,19,21). The lowest BCUT2D eigenvalue weighted by Gasteiger charge is -2.02. The monoisotopic (exact) mass is 301 g/mol. The molecular formula is C14H12ClN5O. The Labute approximate surface area is 125 Å². The van der Waals surface area contributed by atoms with E-state index in [4.69, 9.17) is 11.6 Å². The van der Waals surface area contributed by atoms with Crippen molar-refractivity contribution in [3.63, 3.8) is 0 Å². The van der Waals surface area contributed by atoms with E-state index < -0.39 is 0 Å². The minimum atomic E-state index is -0.356. The summed E-state index contributed by atoms with van der Waals surface area (Å²) >= 11 is 5.99. The van der Waals surface area contributed by atoms with Gasteiger partial charge in [-0.05, 0) is 32.0 Å². The van der Waals surface area contributed by atoms with Gasteiger partial charge in [-0.1, -0.05) is 23.7 Å². The molecule has 0 atom stereocenters. The fourth-order valence-electron chi connectivity index (χ4n) is 2.03. The Morgan fingerprint density at radius 3 is 2.76 bits per heavy atom. The van der Waals surface area contributed by atoms with Crippen LogP contribution in [0.1, 0.15) is 21.7 Å². The van der Waals surface area contributed by atoms with Crippen molar-refractivity contribution < 1.29 is 4.79 Å². The smallest absolute Gasteiger partial charge is 0.259 e. The van der Waals surface area contributed by atoms with Crippen LogP contribution in [0.3, 0.4) is 0 Å². The number of carbonyl (C=O) groups excluding carboxylic acids is 1. The molecule has 1 N–H and O–H groups in total. The fraction of sp³-hybridized carbons (Fsp3) is 0.143. The number of rotatable bonds is 2. The van der Waals surface area contributed by atoms with E-state index in [1.807, 2.05) is 19.9 Å². The molecule has 1 amide bonds. The molecule has 3 rings (SSSR count). The minimum Gasteiger partial charge on any atom is -0.289 e. The first-order chi connectivity index (χ1) is 10.0. The minimum absolute atomic E-state index is 0.195. The predicted molar refractivity (Wildman–Crippen MR) is 79.7 cm³/mol. The molecule has 0 saturated heterocycles. The number of hydrogen-bond donors (Lipinski definition) is 1. The van der Waals surface area contributed by atoms with Gasteiger partial charge in [-0.3, -0.25) is 10.1 Å². The molecule has 2 aromatic heterocycles. The van der Waals surface area contributed by atoms with E-state index in [0.717, 1.165) is 11.4 Å². The van der Waals surface area contributed by atoms with Crippen molar-refractivity contribution in [3.05, 3.63) is 52.3 Å². The van der Waals surface area contributed by atoms with Crippen molar-refractivity contribution in [3.8, 4) is 0 Å². The number of benzene rings is 1. The molecule has 0 aliphatic rings. The van der Waals surface area contributed by atoms with E-state index in [1.54, 1.807) is 28.8 Å². The van der Waals surface area contributed by atoms with Crippen LogP contribution in [0.5, 0.6) is 0 Å². The van der Waals surface area contributed by atoms with Crippen molar-refractivity contribution in [2.24, 2.45) is 0 Å². The molecule has 0 aliphatic carbocycles. The van der Waals surface area contributed by atoms with Gasteiger partial charge in [0, 0.05) is 11.4 Å². The van der Waals surface area contributed by atoms with Crippen LogP contribution >= 0.6 is 11.6 Å². The molecule has 6 nitrogen and oxygen atoms in total. The lowest BCUT2D eigenvalue weighted by Crippen LogP contribution is -2.13. The number of halogens is 1. The zero-order valence-electron chi connectivity index (χ0n) is 11.5. The topological polar surface area (TPSA) is 72.2 Å². The second-order valence-corrected chi connectivity index (χ2v) is 5.03. The second-order valence-electron chi connectivity index (χ2n) is 4.62. The average Bonchev–Trinajstić information content (AvgIpc) is 2.81. The first kappa shape index (κ1) is 13.5. The third-order valence-corrected chi connectivity index (χ3v) is 3.29. The summed E-state index contributed by atoms with van der Waals surface area (Å²) in [6.45, 7) is 3.78. The molecule has 7 heteroatoms. The van der Waals surface area contributed by atoms with Crippen molar-refractivity contribution in [2.75, 3.05) is 5.32 Å². The Kier molecular flexibility index (Phi) is 3.31. The maximum absolute atomic E-state index is 12.2. The summed E-state index contributed by atoms with van der Waals surface area (Å²) in [4.78, 5) is 20.6. The average molecular weight is 302 g/mol. The largest absolute Gasteiger partial charge is 0.289 e. The number of nitrogens with zero attached hydrogens (tertiary/aromatic N) is 4. The molecule has 0 spiro atoms. The van der Waals surface area contributed by atoms with Crippen molar-refractivity contribution >= 4 is 29.2 Å². The highest BCUT2D eigenvalue weighted by atomic mass is 35.5. The van der Waals surface area contributed by atoms with Gasteiger partial charge < -0.3 is 0 Å². The van der Waals surface area contributed by atoms with Crippen LogP contribution in [0.25, 0.3) is 5.78 Å². The lowest BCUT2D eigenvalue weighted by atomic mass is 10.2. The first-order valence-electron chi connectivity index (χ1n) is 6.31. The maximum Gasteiger partial charge on any atom is 0.259 e. The van der Waals surface area contributed by atoms with E-state index in [2.05, 4.69) is 20.4 Å². The van der Waals surface area contributed by atoms with Gasteiger partial charge in [0.1, 0.15) is 0 Å². The summed E-state index contributed by atoms with van der Waals surface area (Å²) in [6, 6.07) is 8.69. The van der Waals surface area contributed by atoms with Crippen molar-refractivity contribution in [2.45, 2.75) is 13.8 Å². The molecule has 0 unspecified atom stereocenters. The van der Waals surface area contributed by atoms with Gasteiger partial charge in [-0.2, -0.15) is 9.50 Å². The third-order valence-electron chi connectivity index (χ3n) is 2.96. The Balaban J connectivity index is 1.94. The number of carbonyl (C=O) groups is 1. The van der Waals surface area contributed by atoms with Crippen LogP contribution < -0.4 is 5.32 Å². The molecule has 106 valence electrons. The highest BCUT2D eigenvalue weighted by Crippen LogP contribution is 2.16. The first-order valence-corrected chi connectivity index (χ1v) is 6.69. The number of nitrogens with one attached hydrogen (secondary N) is 1. The highest BCUT2D eigenvalue weighted by molar-refractivity contribution is 6.34. The fourth-order valence-corrected chi connectivity index (χ4v) is 2.26. The van der Waals surface area contributed by atoms with Gasteiger partial charge in [0.05, 0.1) is 10.6 Å². The number of aryl methyl sites for hydroxylation is 2. The zero-order chi connectivity index (χ0) is 15.0. The molecule has 1 aromatic carbocycles. The Morgan fingerprint density at radius 2 is 2.00 bits per heavy atom. The third kappa shape index (κ3) is 2.57. The highest BCUT2D eigenvalue weighted by Gasteiger charge is 2.14. The summed E-state index contributed by atoms with van der Waals surface area (Å²) in [7, 11) is 0. The predicted octanol–water partition coefficient (Wildman–Crippen LogP) is 2.65. The van der Waals surface area contributed by atoms with Gasteiger partial charge in [-0.25, -0.2) is 4.98 Å². The molecule has 0 bridgehead atoms. The van der Waals surface area contributed by atoms with E-state index in [-0.39, 0.29) is 11.9 Å². The Morgan fingerprint density at radius 1 is 1.24 bits per heavy atom. The van der Waals surface area contributed by atoms with Crippen LogP contribution in [0, 0.1) is 13.8 Å². The van der Waals surface area contributed by atoms with Crippen molar-refractivity contribution in [1.82, 2.24) is 19.6 Å². The summed E-state index contributed by atoms with van der Waals surface area (Å²) in [5.41, 5.74) is 2.11. The number of amides is 1. The SMILES string of the molecule is Cc1cc(C)n2nc(NC(=O)c3ccccc3Cl)nc2n1. The van der Waals surface area contributed by atoms with Crippen LogP contribution in [0.15, 0.2) is 30.3 Å². The summed E-state index contributed by atoms with van der Waals surface area (Å²) in [6.07, 6.45) is 0. The number of hydrogen-bond acceptors (Lipinski definition) is 4. The van der Waals surface area contributed by atoms with Gasteiger partial charge in [0.2, 0.25) is 0 Å². The van der Waals surface area contributed by atoms with Gasteiger partial charge in [0.25, 0.3) is 17.6 Å². The molecular weight excluding hydrogens is 290 g/mol. The molecule has 0 aliphatic heterocycles. The van der Waals surface area contributed by atoms with Crippen LogP contribution in [-0.2, 0) is 0 Å². The van der Waals surface area contributed by atoms with E-state index in [1.165, 1.54) is 0 Å². The summed E-state index contributed by atoms with van der Waals surface area (Å²) in [5, 5.41) is 7.22. The Hall–Kier alpha value is -2.47. The van der Waals surface area contributed by atoms with Gasteiger partial charge in [0.15, 0.2) is 0 Å². The molecule has 2 heterocycles. The van der Waals surface area contributed by atoms with Crippen LogP contribution in [-0.4, -0.2) is 25.5 Å². The second kappa shape index (κ2) is 5.14. The summed E-state index contributed by atoms with van der Waals surface area (Å²) in [5.74, 6) is 0.286. The molecule has 0 fully saturated rings. The van der Waals surface area contributed by atoms with E-state index >= 15 is 0 Å². The van der Waals surface area contributed by atoms with Gasteiger partial charge >= 0.3 is 0 Å². The number of aromatic nitrogens is 4. The van der Waals surface area contributed by atoms with E-state index in [9.17, 15) is 4.79 Å². The summed E-state index contributed by atoms with van der Waals surface area (Å²) < 4.78 is 1.58. The van der Waals surface area contributed by atoms with E-state index in [0.29, 0.717) is 16.4 Å². The Bertz CT molecular complexity index is 842. The lowest BCUT2D eigenvalue weighted by molar-refractivity contribution is 0.102. The van der Waals surface area contributed by atoms with Gasteiger partial charge in [-0.15, -0.1) is 5.10 Å². The quantitative estimate of drug-likeness (QED) is 0.790. The number of fused-ring (bicyclic) bond motifs is 1. The molecule has 3 aromatic rings.